The molecule has 5 nitrogen and oxygen atoms in total. The lowest BCUT2D eigenvalue weighted by atomic mass is 9.97. The number of ether oxygens (including phenoxy) is 2. The molecule has 2 aromatic carbocycles. The number of nitrogens with zero attached hydrogens (tertiary/aromatic N) is 1. The lowest BCUT2D eigenvalue weighted by Gasteiger charge is -2.09. The topological polar surface area (TPSA) is 58.8 Å². The second kappa shape index (κ2) is 7.00. The zero-order valence-electron chi connectivity index (χ0n) is 14.7. The third kappa shape index (κ3) is 2.83. The molecule has 1 N–H and O–H groups in total. The summed E-state index contributed by atoms with van der Waals surface area (Å²) in [5.41, 5.74) is 2.19. The predicted octanol–water partition coefficient (Wildman–Crippen LogP) is 3.03. The van der Waals surface area contributed by atoms with Gasteiger partial charge in [-0.1, -0.05) is 18.2 Å². The van der Waals surface area contributed by atoms with Crippen LogP contribution in [0.2, 0.25) is 0 Å². The average Bonchev–Trinajstić information content (AvgIpc) is 2.96. The van der Waals surface area contributed by atoms with Gasteiger partial charge in [0.2, 0.25) is 0 Å². The fourth-order valence-corrected chi connectivity index (χ4v) is 3.13. The van der Waals surface area contributed by atoms with E-state index in [1.807, 2.05) is 0 Å². The van der Waals surface area contributed by atoms with Gasteiger partial charge < -0.3 is 9.47 Å². The molecule has 0 saturated heterocycles. The zero-order chi connectivity index (χ0) is 18.8. The van der Waals surface area contributed by atoms with Crippen LogP contribution in [0, 0.1) is 5.82 Å². The molecule has 0 bridgehead atoms. The molecule has 6 heteroatoms. The molecule has 0 unspecified atom stereocenters. The van der Waals surface area contributed by atoms with E-state index in [0.29, 0.717) is 22.4 Å². The molecule has 3 rings (SSSR count). The van der Waals surface area contributed by atoms with E-state index < -0.39 is 11.8 Å². The van der Waals surface area contributed by atoms with Gasteiger partial charge >= 0.3 is 5.97 Å². The molecular weight excluding hydrogens is 337 g/mol. The second-order valence-corrected chi connectivity index (χ2v) is 5.73. The average molecular weight is 356 g/mol. The smallest absolute Gasteiger partial charge is 0.345 e. The number of carbonyl (C=O) groups is 1. The van der Waals surface area contributed by atoms with Crippen LogP contribution in [-0.4, -0.2) is 42.4 Å². The highest BCUT2D eigenvalue weighted by atomic mass is 19.1. The van der Waals surface area contributed by atoms with E-state index in [1.165, 1.54) is 20.2 Å². The Morgan fingerprint density at radius 3 is 2.50 bits per heavy atom. The van der Waals surface area contributed by atoms with Crippen LogP contribution in [0.1, 0.15) is 23.6 Å². The maximum atomic E-state index is 14.5. The lowest BCUT2D eigenvalue weighted by molar-refractivity contribution is -0.753. The molecule has 134 valence electrons. The van der Waals surface area contributed by atoms with Crippen molar-refractivity contribution in [2.75, 3.05) is 20.8 Å². The zero-order valence-corrected chi connectivity index (χ0v) is 14.7. The number of methoxy groups -OCH3 is 1. The highest BCUT2D eigenvalue weighted by molar-refractivity contribution is 6.35. The summed E-state index contributed by atoms with van der Waals surface area (Å²) in [5.74, 6) is -0.536. The standard InChI is InChI=1S/C20H19FNO4/c1-4-26-20(23)18-17(14-7-5-6-8-16(14)21)13-10-9-12(25-3)11-15(13)19(18)22(2)24/h5-11,24H,4H2,1-3H3/q+1/b22-19+. The Morgan fingerprint density at radius 2 is 1.88 bits per heavy atom. The summed E-state index contributed by atoms with van der Waals surface area (Å²) in [6, 6.07) is 11.4. The van der Waals surface area contributed by atoms with Crippen LogP contribution in [-0.2, 0) is 9.53 Å². The summed E-state index contributed by atoms with van der Waals surface area (Å²) in [4.78, 5) is 12.7. The van der Waals surface area contributed by atoms with E-state index in [-0.39, 0.29) is 23.5 Å². The first-order valence-corrected chi connectivity index (χ1v) is 8.14. The first-order chi connectivity index (χ1) is 12.5. The highest BCUT2D eigenvalue weighted by Crippen LogP contribution is 2.40. The van der Waals surface area contributed by atoms with Crippen molar-refractivity contribution in [1.29, 1.82) is 0 Å². The fourth-order valence-electron chi connectivity index (χ4n) is 3.13. The predicted molar refractivity (Wildman–Crippen MR) is 94.1 cm³/mol. The summed E-state index contributed by atoms with van der Waals surface area (Å²) in [6.07, 6.45) is 0. The monoisotopic (exact) mass is 356 g/mol. The quantitative estimate of drug-likeness (QED) is 0.396. The van der Waals surface area contributed by atoms with Gasteiger partial charge in [0, 0.05) is 11.1 Å². The molecule has 26 heavy (non-hydrogen) atoms. The molecule has 1 aliphatic carbocycles. The minimum absolute atomic E-state index is 0.116. The van der Waals surface area contributed by atoms with Gasteiger partial charge in [-0.2, -0.15) is 0 Å². The molecule has 0 saturated carbocycles. The number of hydrogen-bond acceptors (Lipinski definition) is 4. The molecule has 0 aliphatic heterocycles. The normalized spacial score (nSPS) is 14.9. The van der Waals surface area contributed by atoms with Crippen LogP contribution in [0.15, 0.2) is 48.0 Å². The van der Waals surface area contributed by atoms with Gasteiger partial charge in [0.1, 0.15) is 17.1 Å². The van der Waals surface area contributed by atoms with E-state index in [1.54, 1.807) is 43.3 Å². The molecule has 0 radical (unpaired) electrons. The molecule has 1 aliphatic rings. The van der Waals surface area contributed by atoms with Crippen LogP contribution in [0.4, 0.5) is 4.39 Å². The van der Waals surface area contributed by atoms with Gasteiger partial charge in [-0.3, -0.25) is 5.21 Å². The van der Waals surface area contributed by atoms with Gasteiger partial charge in [0.25, 0.3) is 5.71 Å². The van der Waals surface area contributed by atoms with Crippen LogP contribution < -0.4 is 4.74 Å². The first-order valence-electron chi connectivity index (χ1n) is 8.14. The van der Waals surface area contributed by atoms with E-state index in [9.17, 15) is 14.4 Å². The van der Waals surface area contributed by atoms with E-state index in [2.05, 4.69) is 0 Å². The third-order valence-electron chi connectivity index (χ3n) is 4.18. The second-order valence-electron chi connectivity index (χ2n) is 5.73. The number of rotatable bonds is 4. The number of halogens is 1. The van der Waals surface area contributed by atoms with Crippen LogP contribution in [0.25, 0.3) is 5.57 Å². The SMILES string of the molecule is CCOC(=O)C1=C(c2ccccc2F)c2ccc(OC)cc2/C1=[N+](/C)O. The Labute approximate surface area is 150 Å². The van der Waals surface area contributed by atoms with Gasteiger partial charge in [-0.15, -0.1) is 0 Å². The summed E-state index contributed by atoms with van der Waals surface area (Å²) >= 11 is 0. The number of benzene rings is 2. The number of fused-ring (bicyclic) bond motifs is 1. The Bertz CT molecular complexity index is 943. The van der Waals surface area contributed by atoms with Crippen molar-refractivity contribution in [3.8, 4) is 5.75 Å². The number of hydroxylamine groups is 1. The van der Waals surface area contributed by atoms with E-state index in [0.717, 1.165) is 4.74 Å². The van der Waals surface area contributed by atoms with Crippen LogP contribution >= 0.6 is 0 Å². The molecule has 0 amide bonds. The van der Waals surface area contributed by atoms with Crippen molar-refractivity contribution in [2.24, 2.45) is 0 Å². The minimum atomic E-state index is -0.628. The summed E-state index contributed by atoms with van der Waals surface area (Å²) < 4.78 is 25.8. The van der Waals surface area contributed by atoms with Gasteiger partial charge in [0.15, 0.2) is 7.05 Å². The van der Waals surface area contributed by atoms with Crippen molar-refractivity contribution in [1.82, 2.24) is 0 Å². The molecule has 0 atom stereocenters. The number of esters is 1. The maximum Gasteiger partial charge on any atom is 0.345 e. The highest BCUT2D eigenvalue weighted by Gasteiger charge is 2.41. The Balaban J connectivity index is 2.39. The third-order valence-corrected chi connectivity index (χ3v) is 4.18. The molecular formula is C20H19FNO4+. The van der Waals surface area contributed by atoms with Crippen molar-refractivity contribution >= 4 is 17.3 Å². The van der Waals surface area contributed by atoms with Crippen molar-refractivity contribution < 1.29 is 28.6 Å². The molecule has 0 aromatic heterocycles. The first kappa shape index (κ1) is 17.7. The summed E-state index contributed by atoms with van der Waals surface area (Å²) in [5, 5.41) is 10.2. The Morgan fingerprint density at radius 1 is 1.15 bits per heavy atom. The Kier molecular flexibility index (Phi) is 4.75. The minimum Gasteiger partial charge on any atom is -0.497 e. The van der Waals surface area contributed by atoms with E-state index in [4.69, 9.17) is 9.47 Å². The Hall–Kier alpha value is -3.15. The van der Waals surface area contributed by atoms with E-state index >= 15 is 0 Å². The number of carbonyl (C=O) groups excluding carboxylic acids is 1. The number of hydrogen-bond donors (Lipinski definition) is 1. The molecule has 0 fully saturated rings. The van der Waals surface area contributed by atoms with Gasteiger partial charge in [-0.05, 0) is 41.5 Å². The van der Waals surface area contributed by atoms with Crippen LogP contribution in [0.5, 0.6) is 5.75 Å². The van der Waals surface area contributed by atoms with Gasteiger partial charge in [-0.25, -0.2) is 9.18 Å². The lowest BCUT2D eigenvalue weighted by Crippen LogP contribution is -2.22. The van der Waals surface area contributed by atoms with Crippen molar-refractivity contribution in [3.63, 3.8) is 0 Å². The van der Waals surface area contributed by atoms with Crippen LogP contribution in [0.3, 0.4) is 0 Å². The summed E-state index contributed by atoms with van der Waals surface area (Å²) in [6.45, 7) is 1.85. The largest absolute Gasteiger partial charge is 0.497 e. The maximum absolute atomic E-state index is 14.5. The fraction of sp³-hybridized carbons (Fsp3) is 0.200. The van der Waals surface area contributed by atoms with Gasteiger partial charge in [0.05, 0.1) is 19.3 Å². The van der Waals surface area contributed by atoms with Crippen molar-refractivity contribution in [2.45, 2.75) is 6.92 Å². The van der Waals surface area contributed by atoms with Crippen molar-refractivity contribution in [3.05, 3.63) is 70.5 Å². The molecule has 0 heterocycles. The summed E-state index contributed by atoms with van der Waals surface area (Å²) in [7, 11) is 2.93. The molecule has 0 spiro atoms. The molecule has 2 aromatic rings.